The second-order valence-corrected chi connectivity index (χ2v) is 6.32. The molecule has 2 aromatic rings. The summed E-state index contributed by atoms with van der Waals surface area (Å²) in [4.78, 5) is 13.8. The van der Waals surface area contributed by atoms with Crippen LogP contribution in [0.2, 0.25) is 5.02 Å². The number of nitrogens with one attached hydrogen (secondary N) is 1. The van der Waals surface area contributed by atoms with Crippen molar-refractivity contribution in [2.75, 3.05) is 25.1 Å². The van der Waals surface area contributed by atoms with E-state index in [2.05, 4.69) is 16.6 Å². The highest BCUT2D eigenvalue weighted by Crippen LogP contribution is 2.20. The third kappa shape index (κ3) is 6.65. The molecule has 1 amide bonds. The molecule has 0 saturated heterocycles. The van der Waals surface area contributed by atoms with Crippen LogP contribution < -0.4 is 15.1 Å². The number of anilines is 1. The lowest BCUT2D eigenvalue weighted by molar-refractivity contribution is -0.123. The molecule has 0 aliphatic rings. The Morgan fingerprint density at radius 2 is 2.07 bits per heavy atom. The van der Waals surface area contributed by atoms with Crippen LogP contribution in [0, 0.1) is 18.3 Å². The van der Waals surface area contributed by atoms with Crippen molar-refractivity contribution >= 4 is 29.4 Å². The number of hydrazone groups is 1. The van der Waals surface area contributed by atoms with E-state index in [0.717, 1.165) is 16.8 Å². The summed E-state index contributed by atoms with van der Waals surface area (Å²) in [7, 11) is 1.93. The second-order valence-electron chi connectivity index (χ2n) is 5.91. The lowest BCUT2D eigenvalue weighted by Crippen LogP contribution is -2.24. The van der Waals surface area contributed by atoms with Gasteiger partial charge in [0.1, 0.15) is 5.75 Å². The van der Waals surface area contributed by atoms with Crippen LogP contribution in [-0.2, 0) is 4.79 Å². The predicted octanol–water partition coefficient (Wildman–Crippen LogP) is 3.53. The Morgan fingerprint density at radius 1 is 1.33 bits per heavy atom. The summed E-state index contributed by atoms with van der Waals surface area (Å²) in [5.74, 6) is 0.221. The quantitative estimate of drug-likeness (QED) is 0.558. The molecule has 2 aromatic carbocycles. The third-order valence-electron chi connectivity index (χ3n) is 3.80. The van der Waals surface area contributed by atoms with Gasteiger partial charge in [-0.05, 0) is 48.4 Å². The number of carbonyl (C=O) groups excluding carboxylic acids is 1. The summed E-state index contributed by atoms with van der Waals surface area (Å²) in [6.45, 7) is 2.40. The van der Waals surface area contributed by atoms with Crippen molar-refractivity contribution in [1.29, 1.82) is 5.26 Å². The molecule has 0 unspecified atom stereocenters. The predicted molar refractivity (Wildman–Crippen MR) is 107 cm³/mol. The number of benzene rings is 2. The largest absolute Gasteiger partial charge is 0.484 e. The van der Waals surface area contributed by atoms with Crippen LogP contribution in [0.25, 0.3) is 0 Å². The van der Waals surface area contributed by atoms with E-state index in [4.69, 9.17) is 21.6 Å². The van der Waals surface area contributed by atoms with Crippen LogP contribution in [0.3, 0.4) is 0 Å². The van der Waals surface area contributed by atoms with E-state index in [1.54, 1.807) is 24.4 Å². The molecular weight excluding hydrogens is 364 g/mol. The van der Waals surface area contributed by atoms with Crippen molar-refractivity contribution < 1.29 is 9.53 Å². The van der Waals surface area contributed by atoms with Crippen molar-refractivity contribution in [2.45, 2.75) is 13.3 Å². The van der Waals surface area contributed by atoms with Gasteiger partial charge in [-0.15, -0.1) is 0 Å². The first-order chi connectivity index (χ1) is 13.0. The minimum Gasteiger partial charge on any atom is -0.484 e. The van der Waals surface area contributed by atoms with E-state index in [1.807, 2.05) is 43.1 Å². The Bertz CT molecular complexity index is 844. The highest BCUT2D eigenvalue weighted by molar-refractivity contribution is 6.31. The maximum atomic E-state index is 11.8. The molecule has 1 N–H and O–H groups in total. The van der Waals surface area contributed by atoms with E-state index < -0.39 is 0 Å². The van der Waals surface area contributed by atoms with Crippen LogP contribution in [0.5, 0.6) is 5.75 Å². The molecule has 2 rings (SSSR count). The van der Waals surface area contributed by atoms with Gasteiger partial charge < -0.3 is 9.64 Å². The minimum absolute atomic E-state index is 0.138. The first-order valence-corrected chi connectivity index (χ1v) is 8.76. The second kappa shape index (κ2) is 10.2. The van der Waals surface area contributed by atoms with Gasteiger partial charge in [0.2, 0.25) is 0 Å². The number of nitrogens with zero attached hydrogens (tertiary/aromatic N) is 3. The van der Waals surface area contributed by atoms with Crippen molar-refractivity contribution in [3.05, 3.63) is 58.6 Å². The fraction of sp³-hybridized carbons (Fsp3) is 0.250. The summed E-state index contributed by atoms with van der Waals surface area (Å²) in [5, 5.41) is 13.2. The Balaban J connectivity index is 1.79. The molecule has 0 atom stereocenters. The smallest absolute Gasteiger partial charge is 0.277 e. The first kappa shape index (κ1) is 20.3. The number of ether oxygens (including phenoxy) is 1. The van der Waals surface area contributed by atoms with Crippen LogP contribution in [0.1, 0.15) is 17.5 Å². The SMILES string of the molecule is Cc1cc(OCC(=O)N/N=C\c2ccc(N(C)CCC#N)cc2)ccc1Cl. The van der Waals surface area contributed by atoms with Gasteiger partial charge in [0, 0.05) is 24.3 Å². The number of amides is 1. The lowest BCUT2D eigenvalue weighted by atomic mass is 10.2. The van der Waals surface area contributed by atoms with Gasteiger partial charge in [0.15, 0.2) is 6.61 Å². The van der Waals surface area contributed by atoms with Gasteiger partial charge in [0.05, 0.1) is 18.7 Å². The van der Waals surface area contributed by atoms with Crippen molar-refractivity contribution in [1.82, 2.24) is 5.43 Å². The van der Waals surface area contributed by atoms with Gasteiger partial charge in [-0.3, -0.25) is 4.79 Å². The van der Waals surface area contributed by atoms with Crippen molar-refractivity contribution in [3.63, 3.8) is 0 Å². The molecule has 0 aliphatic carbocycles. The van der Waals surface area contributed by atoms with Crippen LogP contribution in [-0.4, -0.2) is 32.3 Å². The highest BCUT2D eigenvalue weighted by atomic mass is 35.5. The van der Waals surface area contributed by atoms with Gasteiger partial charge >= 0.3 is 0 Å². The molecule has 0 spiro atoms. The summed E-state index contributed by atoms with van der Waals surface area (Å²) in [6, 6.07) is 15.0. The number of hydrogen-bond donors (Lipinski definition) is 1. The standard InChI is InChI=1S/C20H21ClN4O2/c1-15-12-18(8-9-19(15)21)27-14-20(26)24-23-13-16-4-6-17(7-5-16)25(2)11-3-10-22/h4-9,12-13H,3,11,14H2,1-2H3,(H,24,26)/b23-13-. The molecule has 0 aliphatic heterocycles. The fourth-order valence-electron chi connectivity index (χ4n) is 2.23. The summed E-state index contributed by atoms with van der Waals surface area (Å²) >= 11 is 5.95. The monoisotopic (exact) mass is 384 g/mol. The van der Waals surface area contributed by atoms with Gasteiger partial charge in [-0.2, -0.15) is 10.4 Å². The zero-order valence-corrected chi connectivity index (χ0v) is 16.0. The molecule has 0 aromatic heterocycles. The van der Waals surface area contributed by atoms with Gasteiger partial charge in [-0.1, -0.05) is 23.7 Å². The lowest BCUT2D eigenvalue weighted by Gasteiger charge is -2.17. The van der Waals surface area contributed by atoms with E-state index in [-0.39, 0.29) is 12.5 Å². The third-order valence-corrected chi connectivity index (χ3v) is 4.22. The maximum Gasteiger partial charge on any atom is 0.277 e. The Labute approximate surface area is 164 Å². The highest BCUT2D eigenvalue weighted by Gasteiger charge is 2.03. The molecular formula is C20H21ClN4O2. The number of rotatable bonds is 8. The summed E-state index contributed by atoms with van der Waals surface area (Å²) in [5.41, 5.74) is 5.17. The van der Waals surface area contributed by atoms with Crippen LogP contribution >= 0.6 is 11.6 Å². The first-order valence-electron chi connectivity index (χ1n) is 8.38. The number of nitriles is 1. The van der Waals surface area contributed by atoms with Crippen molar-refractivity contribution in [3.8, 4) is 11.8 Å². The summed E-state index contributed by atoms with van der Waals surface area (Å²) < 4.78 is 5.41. The normalized spacial score (nSPS) is 10.4. The number of carbonyl (C=O) groups is 1. The Morgan fingerprint density at radius 3 is 2.74 bits per heavy atom. The topological polar surface area (TPSA) is 77.7 Å². The molecule has 0 fully saturated rings. The van der Waals surface area contributed by atoms with Gasteiger partial charge in [-0.25, -0.2) is 5.43 Å². The van der Waals surface area contributed by atoms with Crippen LogP contribution in [0.15, 0.2) is 47.6 Å². The zero-order valence-electron chi connectivity index (χ0n) is 15.3. The average molecular weight is 385 g/mol. The molecule has 27 heavy (non-hydrogen) atoms. The average Bonchev–Trinajstić information content (AvgIpc) is 2.67. The van der Waals surface area contributed by atoms with E-state index in [0.29, 0.717) is 23.7 Å². The molecule has 0 heterocycles. The zero-order chi connectivity index (χ0) is 19.6. The fourth-order valence-corrected chi connectivity index (χ4v) is 2.35. The van der Waals surface area contributed by atoms with E-state index >= 15 is 0 Å². The number of halogens is 1. The van der Waals surface area contributed by atoms with E-state index in [9.17, 15) is 4.79 Å². The molecule has 0 saturated carbocycles. The van der Waals surface area contributed by atoms with Crippen molar-refractivity contribution in [2.24, 2.45) is 5.10 Å². The minimum atomic E-state index is -0.355. The Hall–Kier alpha value is -3.04. The Kier molecular flexibility index (Phi) is 7.65. The molecule has 140 valence electrons. The molecule has 6 nitrogen and oxygen atoms in total. The molecule has 7 heteroatoms. The number of hydrogen-bond acceptors (Lipinski definition) is 5. The van der Waals surface area contributed by atoms with Gasteiger partial charge in [0.25, 0.3) is 5.91 Å². The van der Waals surface area contributed by atoms with Crippen LogP contribution in [0.4, 0.5) is 5.69 Å². The maximum absolute atomic E-state index is 11.8. The molecule has 0 radical (unpaired) electrons. The number of aryl methyl sites for hydroxylation is 1. The molecule has 0 bridgehead atoms. The summed E-state index contributed by atoms with van der Waals surface area (Å²) in [6.07, 6.45) is 2.03. The van der Waals surface area contributed by atoms with E-state index in [1.165, 1.54) is 0 Å².